The molecule has 0 bridgehead atoms. The largest absolute Gasteiger partial charge is 0.822 e. The van der Waals surface area contributed by atoms with E-state index in [-0.39, 0.29) is 0 Å². The van der Waals surface area contributed by atoms with Gasteiger partial charge >= 0.3 is 17.5 Å². The monoisotopic (exact) mass is 524 g/mol. The lowest BCUT2D eigenvalue weighted by Crippen LogP contribution is -2.42. The van der Waals surface area contributed by atoms with Gasteiger partial charge in [0, 0.05) is 20.8 Å². The first-order chi connectivity index (χ1) is 16.4. The molecule has 3 aromatic heterocycles. The van der Waals surface area contributed by atoms with Crippen LogP contribution in [0.15, 0.2) is 37.2 Å². The summed E-state index contributed by atoms with van der Waals surface area (Å²) in [5.74, 6) is 2.68. The Morgan fingerprint density at radius 3 is 0.886 bits per heavy atom. The molecule has 0 N–H and O–H groups in total. The topological polar surface area (TPSA) is 168 Å². The van der Waals surface area contributed by atoms with Gasteiger partial charge in [-0.05, 0) is 28.4 Å². The van der Waals surface area contributed by atoms with E-state index in [9.17, 15) is 0 Å². The molecule has 0 aliphatic carbocycles. The van der Waals surface area contributed by atoms with E-state index in [0.717, 1.165) is 17.5 Å². The van der Waals surface area contributed by atoms with Crippen LogP contribution in [0, 0.1) is 20.8 Å². The smallest absolute Gasteiger partial charge is 0.331 e. The Bertz CT molecular complexity index is 857. The van der Waals surface area contributed by atoms with Gasteiger partial charge in [-0.2, -0.15) is 7.82 Å². The summed E-state index contributed by atoms with van der Waals surface area (Å²) >= 11 is 0. The molecule has 0 spiro atoms. The Morgan fingerprint density at radius 1 is 0.600 bits per heavy atom. The lowest BCUT2D eigenvalue weighted by Gasteiger charge is -2.36. The van der Waals surface area contributed by atoms with E-state index in [1.165, 1.54) is 0 Å². The summed E-state index contributed by atoms with van der Waals surface area (Å²) in [6.07, 6.45) is 10.7. The van der Waals surface area contributed by atoms with Gasteiger partial charge < -0.3 is 48.3 Å². The number of phosphoric acid groups is 1. The molecule has 0 saturated heterocycles. The van der Waals surface area contributed by atoms with Crippen LogP contribution in [0.3, 0.4) is 0 Å². The second-order valence-corrected chi connectivity index (χ2v) is 6.93. The zero-order valence-corrected chi connectivity index (χ0v) is 22.1. The Kier molecular flexibility index (Phi) is 13.9. The van der Waals surface area contributed by atoms with Crippen LogP contribution in [-0.2, 0) is 4.57 Å². The van der Waals surface area contributed by atoms with E-state index in [1.807, 2.05) is 20.8 Å². The summed E-state index contributed by atoms with van der Waals surface area (Å²) in [5.41, 5.74) is 0. The Morgan fingerprint density at radius 2 is 0.800 bits per heavy atom. The highest BCUT2D eigenvalue weighted by Gasteiger charge is 2.13. The van der Waals surface area contributed by atoms with E-state index in [2.05, 4.69) is 0 Å². The fraction of sp³-hybridized carbons (Fsp3) is 0.500. The summed E-state index contributed by atoms with van der Waals surface area (Å²) in [4.78, 5) is 55.3. The zero-order chi connectivity index (χ0) is 27.2. The molecule has 0 atom stereocenters. The fourth-order valence-electron chi connectivity index (χ4n) is 2.46. The predicted molar refractivity (Wildman–Crippen MR) is 111 cm³/mol. The Hall–Kier alpha value is -3.46. The summed E-state index contributed by atoms with van der Waals surface area (Å²) in [7, 11) is 4.24. The number of aromatic nitrogens is 6. The van der Waals surface area contributed by atoms with Gasteiger partial charge in [-0.15, -0.1) is 0 Å². The van der Waals surface area contributed by atoms with Crippen molar-refractivity contribution in [1.29, 1.82) is 0 Å². The highest BCUT2D eigenvalue weighted by Crippen LogP contribution is 2.03. The lowest BCUT2D eigenvalue weighted by atomic mass is 10.7. The summed E-state index contributed by atoms with van der Waals surface area (Å²) < 4.78 is 18.2. The second kappa shape index (κ2) is 15.4. The first kappa shape index (κ1) is 31.5. The van der Waals surface area contributed by atoms with Crippen molar-refractivity contribution in [3.05, 3.63) is 54.7 Å². The normalized spacial score (nSPS) is 9.83. The molecule has 16 nitrogen and oxygen atoms in total. The van der Waals surface area contributed by atoms with Crippen LogP contribution in [0.4, 0.5) is 0 Å². The fourth-order valence-corrected chi connectivity index (χ4v) is 2.46. The molecule has 3 aromatic rings. The van der Waals surface area contributed by atoms with Crippen molar-refractivity contribution < 1.29 is 62.5 Å². The summed E-state index contributed by atoms with van der Waals surface area (Å²) in [6.45, 7) is 5.69. The van der Waals surface area contributed by atoms with Crippen molar-refractivity contribution >= 4 is 7.82 Å². The van der Waals surface area contributed by atoms with Gasteiger partial charge in [0.2, 0.25) is 0 Å². The number of rotatable bonds is 6. The number of nitrogens with zero attached hydrogens (tertiary/aromatic N) is 6. The average Bonchev–Trinajstić information content (AvgIpc) is 3.48. The number of imidazole rings is 3. The maximum Gasteiger partial charge on any atom is 0.331 e. The molecule has 3 rings (SSSR count). The quantitative estimate of drug-likeness (QED) is 0.224. The molecule has 0 aliphatic rings. The van der Waals surface area contributed by atoms with Crippen molar-refractivity contribution in [3.8, 4) is 0 Å². The molecule has 0 amide bonds. The van der Waals surface area contributed by atoms with Gasteiger partial charge in [0.15, 0.2) is 37.2 Å². The predicted octanol–water partition coefficient (Wildman–Crippen LogP) is -5.22. The van der Waals surface area contributed by atoms with E-state index in [1.54, 1.807) is 108 Å². The van der Waals surface area contributed by atoms with Crippen molar-refractivity contribution in [3.63, 3.8) is 0 Å². The molecule has 0 unspecified atom stereocenters. The molecule has 0 aliphatic heterocycles. The second-order valence-electron chi connectivity index (χ2n) is 6.03. The minimum atomic E-state index is -5.39. The molecule has 0 radical (unpaired) electrons. The maximum absolute atomic E-state index is 8.55. The summed E-state index contributed by atoms with van der Waals surface area (Å²) in [6, 6.07) is 0. The van der Waals surface area contributed by atoms with Crippen molar-refractivity contribution in [2.45, 2.75) is 20.8 Å². The van der Waals surface area contributed by atoms with Crippen LogP contribution in [0.1, 0.15) is 17.5 Å². The van der Waals surface area contributed by atoms with Crippen molar-refractivity contribution in [2.24, 2.45) is 0 Å². The van der Waals surface area contributed by atoms with E-state index >= 15 is 0 Å². The third-order valence-corrected chi connectivity index (χ3v) is 4.11. The maximum atomic E-state index is 8.55. The molecule has 200 valence electrons. The minimum absolute atomic E-state index is 0.894. The Balaban J connectivity index is 0.000000453. The molecule has 35 heavy (non-hydrogen) atoms. The molecule has 17 heteroatoms. The average molecular weight is 524 g/mol. The highest BCUT2D eigenvalue weighted by molar-refractivity contribution is 7.40. The standard InChI is InChI=1S/3C6H11N2O2.H3O4P/c3*1-6-7(9-2)4-5-8(6)10-3;1-5(2,3)4/h3*4-5H,1-3H3;(H3,1,2,3,4)/q3*+1;/p-3. The number of hydrogen-bond acceptors (Lipinski definition) is 10. The van der Waals surface area contributed by atoms with Crippen LogP contribution in [0.5, 0.6) is 0 Å². The van der Waals surface area contributed by atoms with Crippen LogP contribution >= 0.6 is 7.82 Å². The van der Waals surface area contributed by atoms with Crippen LogP contribution in [0.25, 0.3) is 0 Å². The van der Waals surface area contributed by atoms with Crippen LogP contribution in [0.2, 0.25) is 0 Å². The van der Waals surface area contributed by atoms with E-state index in [4.69, 9.17) is 48.3 Å². The van der Waals surface area contributed by atoms with Crippen molar-refractivity contribution in [1.82, 2.24) is 14.2 Å². The van der Waals surface area contributed by atoms with Gasteiger partial charge in [0.05, 0.1) is 0 Å². The Labute approximate surface area is 203 Å². The van der Waals surface area contributed by atoms with E-state index in [0.29, 0.717) is 0 Å². The number of hydrogen-bond donors (Lipinski definition) is 0. The van der Waals surface area contributed by atoms with Crippen LogP contribution in [-0.4, -0.2) is 56.9 Å². The SMILES string of the molecule is COn1cc[n+](OC)c1C.COn1cc[n+](OC)c1C.COn1cc[n+](OC)c1C.O=P([O-])([O-])[O-]. The van der Waals surface area contributed by atoms with Gasteiger partial charge in [-0.25, -0.2) is 0 Å². The molecule has 3 heterocycles. The molecule has 0 fully saturated rings. The lowest BCUT2D eigenvalue weighted by molar-refractivity contribution is -0.889. The van der Waals surface area contributed by atoms with Gasteiger partial charge in [0.25, 0.3) is 0 Å². The van der Waals surface area contributed by atoms with Crippen LogP contribution < -0.4 is 57.9 Å². The van der Waals surface area contributed by atoms with Gasteiger partial charge in [-0.3, -0.25) is 0 Å². The summed E-state index contributed by atoms with van der Waals surface area (Å²) in [5, 5.41) is 0. The first-order valence-corrected chi connectivity index (χ1v) is 11.1. The van der Waals surface area contributed by atoms with Gasteiger partial charge in [-0.1, -0.05) is 0 Å². The third-order valence-electron chi connectivity index (χ3n) is 4.11. The highest BCUT2D eigenvalue weighted by atomic mass is 31.2. The molecular formula is C18H33N6O10P. The molecular weight excluding hydrogens is 491 g/mol. The minimum Gasteiger partial charge on any atom is -0.822 e. The third kappa shape index (κ3) is 11.0. The molecule has 0 saturated carbocycles. The van der Waals surface area contributed by atoms with Crippen molar-refractivity contribution in [2.75, 3.05) is 42.7 Å². The zero-order valence-electron chi connectivity index (χ0n) is 21.2. The van der Waals surface area contributed by atoms with Gasteiger partial charge in [0.1, 0.15) is 42.7 Å². The molecule has 0 aromatic carbocycles. The van der Waals surface area contributed by atoms with E-state index < -0.39 is 7.82 Å². The first-order valence-electron chi connectivity index (χ1n) is 9.67.